The van der Waals surface area contributed by atoms with Crippen molar-refractivity contribution in [2.24, 2.45) is 5.41 Å². The second kappa shape index (κ2) is 9.24. The number of piperidine rings is 1. The van der Waals surface area contributed by atoms with Gasteiger partial charge in [0.25, 0.3) is 0 Å². The van der Waals surface area contributed by atoms with Crippen LogP contribution in [0.2, 0.25) is 0 Å². The Bertz CT molecular complexity index is 1030. The highest BCUT2D eigenvalue weighted by Gasteiger charge is 2.40. The lowest BCUT2D eigenvalue weighted by Crippen LogP contribution is -2.48. The van der Waals surface area contributed by atoms with E-state index in [0.717, 1.165) is 16.9 Å². The molecule has 0 atom stereocenters. The number of carbonyl (C=O) groups is 1. The lowest BCUT2D eigenvalue weighted by molar-refractivity contribution is -0.132. The van der Waals surface area contributed by atoms with Gasteiger partial charge in [-0.05, 0) is 53.6 Å². The molecule has 1 saturated heterocycles. The average molecular weight is 459 g/mol. The van der Waals surface area contributed by atoms with E-state index in [1.807, 2.05) is 43.3 Å². The Kier molecular flexibility index (Phi) is 7.00. The first-order chi connectivity index (χ1) is 15.0. The molecule has 0 bridgehead atoms. The van der Waals surface area contributed by atoms with Crippen LogP contribution in [0.4, 0.5) is 0 Å². The Morgan fingerprint density at radius 2 is 1.59 bits per heavy atom. The number of amides is 1. The van der Waals surface area contributed by atoms with Gasteiger partial charge in [0.15, 0.2) is 0 Å². The number of hydrogen-bond acceptors (Lipinski definition) is 4. The predicted octanol–water partition coefficient (Wildman–Crippen LogP) is 4.10. The van der Waals surface area contributed by atoms with Crippen molar-refractivity contribution in [2.75, 3.05) is 20.2 Å². The minimum Gasteiger partial charge on any atom is -0.497 e. The van der Waals surface area contributed by atoms with Gasteiger partial charge in [-0.3, -0.25) is 4.79 Å². The summed E-state index contributed by atoms with van der Waals surface area (Å²) < 4.78 is 32.9. The van der Waals surface area contributed by atoms with Crippen molar-refractivity contribution in [1.29, 1.82) is 0 Å². The third kappa shape index (κ3) is 5.33. The molecule has 1 heterocycles. The lowest BCUT2D eigenvalue weighted by atomic mass is 9.80. The molecule has 7 heteroatoms. The van der Waals surface area contributed by atoms with Crippen LogP contribution in [-0.4, -0.2) is 38.8 Å². The van der Waals surface area contributed by atoms with Gasteiger partial charge in [-0.1, -0.05) is 52.0 Å². The van der Waals surface area contributed by atoms with E-state index in [1.165, 1.54) is 4.31 Å². The standard InChI is InChI=1S/C25H34N2O4S/c1-24(2,3)20-8-12-22(13-9-20)32(29,30)27-16-14-25(4,15-17-27)23(28)26-18-19-6-10-21(31-5)11-7-19/h6-13H,14-18H2,1-5H3,(H,26,28). The van der Waals surface area contributed by atoms with E-state index in [4.69, 9.17) is 4.74 Å². The maximum Gasteiger partial charge on any atom is 0.243 e. The first kappa shape index (κ1) is 24.3. The van der Waals surface area contributed by atoms with E-state index >= 15 is 0 Å². The molecule has 1 aliphatic rings. The van der Waals surface area contributed by atoms with Crippen molar-refractivity contribution < 1.29 is 17.9 Å². The van der Waals surface area contributed by atoms with Crippen LogP contribution in [0, 0.1) is 5.41 Å². The second-order valence-corrected chi connectivity index (χ2v) is 11.7. The summed E-state index contributed by atoms with van der Waals surface area (Å²) in [6, 6.07) is 14.7. The Hall–Kier alpha value is -2.38. The molecular weight excluding hydrogens is 424 g/mol. The van der Waals surface area contributed by atoms with Gasteiger partial charge >= 0.3 is 0 Å². The maximum absolute atomic E-state index is 13.1. The Labute approximate surface area is 192 Å². The smallest absolute Gasteiger partial charge is 0.243 e. The molecule has 1 aliphatic heterocycles. The molecule has 32 heavy (non-hydrogen) atoms. The normalized spacial score (nSPS) is 17.0. The molecule has 0 aliphatic carbocycles. The topological polar surface area (TPSA) is 75.7 Å². The molecule has 0 unspecified atom stereocenters. The van der Waals surface area contributed by atoms with E-state index in [2.05, 4.69) is 26.1 Å². The summed E-state index contributed by atoms with van der Waals surface area (Å²) in [5.74, 6) is 0.730. The Morgan fingerprint density at radius 1 is 1.03 bits per heavy atom. The molecular formula is C25H34N2O4S. The molecule has 3 rings (SSSR count). The van der Waals surface area contributed by atoms with Crippen molar-refractivity contribution in [3.05, 3.63) is 59.7 Å². The van der Waals surface area contributed by atoms with Crippen LogP contribution in [0.25, 0.3) is 0 Å². The third-order valence-corrected chi connectivity index (χ3v) is 8.26. The molecule has 0 aromatic heterocycles. The summed E-state index contributed by atoms with van der Waals surface area (Å²) >= 11 is 0. The minimum atomic E-state index is -3.57. The average Bonchev–Trinajstić information content (AvgIpc) is 2.77. The highest BCUT2D eigenvalue weighted by Crippen LogP contribution is 2.34. The predicted molar refractivity (Wildman–Crippen MR) is 126 cm³/mol. The molecule has 1 amide bonds. The number of nitrogens with zero attached hydrogens (tertiary/aromatic N) is 1. The van der Waals surface area contributed by atoms with E-state index in [9.17, 15) is 13.2 Å². The Morgan fingerprint density at radius 3 is 2.09 bits per heavy atom. The van der Waals surface area contributed by atoms with Crippen LogP contribution < -0.4 is 10.1 Å². The van der Waals surface area contributed by atoms with Crippen LogP contribution in [-0.2, 0) is 26.8 Å². The number of benzene rings is 2. The Balaban J connectivity index is 1.60. The first-order valence-corrected chi connectivity index (χ1v) is 12.4. The number of carbonyl (C=O) groups excluding carboxylic acids is 1. The second-order valence-electron chi connectivity index (χ2n) is 9.77. The number of sulfonamides is 1. The van der Waals surface area contributed by atoms with Gasteiger partial charge in [0.1, 0.15) is 5.75 Å². The number of rotatable bonds is 6. The molecule has 1 N–H and O–H groups in total. The van der Waals surface area contributed by atoms with Crippen molar-refractivity contribution >= 4 is 15.9 Å². The van der Waals surface area contributed by atoms with E-state index in [-0.39, 0.29) is 11.3 Å². The summed E-state index contributed by atoms with van der Waals surface area (Å²) in [7, 11) is -1.96. The fraction of sp³-hybridized carbons (Fsp3) is 0.480. The van der Waals surface area contributed by atoms with Crippen LogP contribution in [0.3, 0.4) is 0 Å². The number of hydrogen-bond donors (Lipinski definition) is 1. The largest absolute Gasteiger partial charge is 0.497 e. The zero-order valence-corrected chi connectivity index (χ0v) is 20.5. The fourth-order valence-electron chi connectivity index (χ4n) is 3.86. The monoisotopic (exact) mass is 458 g/mol. The zero-order chi connectivity index (χ0) is 23.6. The third-order valence-electron chi connectivity index (χ3n) is 6.34. The number of ether oxygens (including phenoxy) is 1. The minimum absolute atomic E-state index is 0.0333. The van der Waals surface area contributed by atoms with Gasteiger partial charge in [-0.15, -0.1) is 0 Å². The van der Waals surface area contributed by atoms with Crippen LogP contribution in [0.1, 0.15) is 51.7 Å². The molecule has 6 nitrogen and oxygen atoms in total. The van der Waals surface area contributed by atoms with Gasteiger partial charge in [0, 0.05) is 25.0 Å². The molecule has 1 fully saturated rings. The van der Waals surface area contributed by atoms with Gasteiger partial charge in [0.2, 0.25) is 15.9 Å². The van der Waals surface area contributed by atoms with Gasteiger partial charge < -0.3 is 10.1 Å². The lowest BCUT2D eigenvalue weighted by Gasteiger charge is -2.37. The van der Waals surface area contributed by atoms with Crippen LogP contribution >= 0.6 is 0 Å². The maximum atomic E-state index is 13.1. The van der Waals surface area contributed by atoms with Gasteiger partial charge in [-0.2, -0.15) is 4.31 Å². The summed E-state index contributed by atoms with van der Waals surface area (Å²) in [4.78, 5) is 13.2. The van der Waals surface area contributed by atoms with Crippen molar-refractivity contribution in [1.82, 2.24) is 9.62 Å². The van der Waals surface area contributed by atoms with E-state index < -0.39 is 15.4 Å². The summed E-state index contributed by atoms with van der Waals surface area (Å²) in [6.45, 7) is 9.30. The molecule has 2 aromatic carbocycles. The highest BCUT2D eigenvalue weighted by molar-refractivity contribution is 7.89. The SMILES string of the molecule is COc1ccc(CNC(=O)C2(C)CCN(S(=O)(=O)c3ccc(C(C)(C)C)cc3)CC2)cc1. The van der Waals surface area contributed by atoms with E-state index in [1.54, 1.807) is 19.2 Å². The summed E-state index contributed by atoms with van der Waals surface area (Å²) in [5, 5.41) is 3.00. The van der Waals surface area contributed by atoms with Gasteiger partial charge in [0.05, 0.1) is 12.0 Å². The molecule has 174 valence electrons. The fourth-order valence-corrected chi connectivity index (χ4v) is 5.30. The molecule has 0 radical (unpaired) electrons. The number of nitrogens with one attached hydrogen (secondary N) is 1. The molecule has 0 spiro atoms. The van der Waals surface area contributed by atoms with Crippen LogP contribution in [0.5, 0.6) is 5.75 Å². The molecule has 0 saturated carbocycles. The zero-order valence-electron chi connectivity index (χ0n) is 19.6. The van der Waals surface area contributed by atoms with Crippen molar-refractivity contribution in [2.45, 2.75) is 57.4 Å². The summed E-state index contributed by atoms with van der Waals surface area (Å²) in [5.41, 5.74) is 1.46. The summed E-state index contributed by atoms with van der Waals surface area (Å²) in [6.07, 6.45) is 0.974. The first-order valence-electron chi connectivity index (χ1n) is 11.0. The quantitative estimate of drug-likeness (QED) is 0.707. The molecule has 2 aromatic rings. The van der Waals surface area contributed by atoms with E-state index in [0.29, 0.717) is 37.4 Å². The highest BCUT2D eigenvalue weighted by atomic mass is 32.2. The van der Waals surface area contributed by atoms with Crippen LogP contribution in [0.15, 0.2) is 53.4 Å². The van der Waals surface area contributed by atoms with Crippen molar-refractivity contribution in [3.8, 4) is 5.75 Å². The van der Waals surface area contributed by atoms with Crippen molar-refractivity contribution in [3.63, 3.8) is 0 Å². The number of methoxy groups -OCH3 is 1. The van der Waals surface area contributed by atoms with Gasteiger partial charge in [-0.25, -0.2) is 8.42 Å².